The lowest BCUT2D eigenvalue weighted by Gasteiger charge is -1.94. The van der Waals surface area contributed by atoms with Crippen molar-refractivity contribution in [2.75, 3.05) is 0 Å². The van der Waals surface area contributed by atoms with Crippen molar-refractivity contribution in [1.82, 2.24) is 0 Å². The fourth-order valence-corrected chi connectivity index (χ4v) is 1.99. The molecule has 2 rings (SSSR count). The fraction of sp³-hybridized carbons (Fsp3) is 0.100. The molecule has 0 radical (unpaired) electrons. The maximum Gasteiger partial charge on any atom is -0.0181 e. The van der Waals surface area contributed by atoms with Crippen molar-refractivity contribution in [2.45, 2.75) is 13.3 Å². The van der Waals surface area contributed by atoms with E-state index in [9.17, 15) is 0 Å². The lowest BCUT2D eigenvalue weighted by Crippen LogP contribution is -1.75. The zero-order valence-electron chi connectivity index (χ0n) is 11.9. The van der Waals surface area contributed by atoms with Gasteiger partial charge in [0.15, 0.2) is 0 Å². The summed E-state index contributed by atoms with van der Waals surface area (Å²) >= 11 is 0. The highest BCUT2D eigenvalue weighted by Gasteiger charge is 1.87. The molecule has 0 heteroatoms. The third kappa shape index (κ3) is 4.40. The number of hydrogen-bond donors (Lipinski definition) is 0. The van der Waals surface area contributed by atoms with Crippen LogP contribution in [0.2, 0.25) is 0 Å². The van der Waals surface area contributed by atoms with E-state index in [0.717, 1.165) is 6.42 Å². The Labute approximate surface area is 121 Å². The minimum atomic E-state index is 1.03. The van der Waals surface area contributed by atoms with Gasteiger partial charge < -0.3 is 0 Å². The summed E-state index contributed by atoms with van der Waals surface area (Å²) in [7, 11) is 0. The molecule has 2 aromatic rings. The van der Waals surface area contributed by atoms with Crippen molar-refractivity contribution in [3.05, 3.63) is 96.6 Å². The Morgan fingerprint density at radius 3 is 1.55 bits per heavy atom. The van der Waals surface area contributed by atoms with E-state index in [4.69, 9.17) is 0 Å². The van der Waals surface area contributed by atoms with Crippen LogP contribution in [-0.2, 0) is 6.42 Å². The van der Waals surface area contributed by atoms with Crippen LogP contribution < -0.4 is 0 Å². The second kappa shape index (κ2) is 7.96. The highest BCUT2D eigenvalue weighted by molar-refractivity contribution is 5.80. The quantitative estimate of drug-likeness (QED) is 0.621. The van der Waals surface area contributed by atoms with Crippen molar-refractivity contribution in [3.63, 3.8) is 0 Å². The standard InChI is InChI=1S/C20H20/c1-2-18-13-9-7-8-11-15-19-14-10-5-3-4-6-12-16-20(19)17-18/h3-17H,2H2,1H3. The van der Waals surface area contributed by atoms with Gasteiger partial charge in [-0.05, 0) is 22.8 Å². The molecule has 2 aromatic carbocycles. The van der Waals surface area contributed by atoms with E-state index in [2.05, 4.69) is 79.7 Å². The van der Waals surface area contributed by atoms with Crippen LogP contribution in [0.15, 0.2) is 91.0 Å². The van der Waals surface area contributed by atoms with E-state index in [1.54, 1.807) is 0 Å². The Morgan fingerprint density at radius 2 is 1.00 bits per heavy atom. The summed E-state index contributed by atoms with van der Waals surface area (Å²) in [6, 6.07) is 31.5. The van der Waals surface area contributed by atoms with Crippen LogP contribution in [0.1, 0.15) is 12.5 Å². The number of aryl methyl sites for hydroxylation is 1. The summed E-state index contributed by atoms with van der Waals surface area (Å²) in [5, 5.41) is 2.45. The molecule has 0 saturated heterocycles. The van der Waals surface area contributed by atoms with E-state index in [1.165, 1.54) is 16.3 Å². The van der Waals surface area contributed by atoms with Crippen molar-refractivity contribution in [1.29, 1.82) is 0 Å². The maximum absolute atomic E-state index is 2.26. The molecule has 0 heterocycles. The average molecular weight is 260 g/mol. The van der Waals surface area contributed by atoms with Gasteiger partial charge in [-0.25, -0.2) is 0 Å². The molecule has 0 fully saturated rings. The van der Waals surface area contributed by atoms with Crippen LogP contribution in [0.4, 0.5) is 0 Å². The van der Waals surface area contributed by atoms with Gasteiger partial charge >= 0.3 is 0 Å². The molecule has 0 aliphatic rings. The number of fused-ring (bicyclic) bond motifs is 1. The SMILES string of the molecule is CCc1ccccccc2ccccccccc2c1. The highest BCUT2D eigenvalue weighted by Crippen LogP contribution is 2.10. The predicted octanol–water partition coefficient (Wildman–Crippen LogP) is 5.65. The normalized spacial score (nSPS) is 9.45. The lowest BCUT2D eigenvalue weighted by atomic mass is 10.1. The van der Waals surface area contributed by atoms with Gasteiger partial charge in [-0.15, -0.1) is 0 Å². The molecule has 0 aliphatic heterocycles. The average Bonchev–Trinajstić information content (AvgIpc) is 2.49. The molecule has 0 N–H and O–H groups in total. The highest BCUT2D eigenvalue weighted by atomic mass is 13.9. The number of rotatable bonds is 1. The van der Waals surface area contributed by atoms with Crippen LogP contribution in [0, 0.1) is 0 Å². The second-order valence-corrected chi connectivity index (χ2v) is 4.57. The molecule has 0 spiro atoms. The summed E-state index contributed by atoms with van der Waals surface area (Å²) < 4.78 is 0. The molecule has 0 aromatic heterocycles. The first-order valence-electron chi connectivity index (χ1n) is 7.04. The second-order valence-electron chi connectivity index (χ2n) is 4.57. The summed E-state index contributed by atoms with van der Waals surface area (Å²) in [6.07, 6.45) is 1.03. The van der Waals surface area contributed by atoms with Gasteiger partial charge in [0.2, 0.25) is 0 Å². The molecule has 0 unspecified atom stereocenters. The molecule has 0 bridgehead atoms. The monoisotopic (exact) mass is 260 g/mol. The molecule has 20 heavy (non-hydrogen) atoms. The molecule has 0 atom stereocenters. The van der Waals surface area contributed by atoms with E-state index >= 15 is 0 Å². The Bertz CT molecular complexity index is 658. The Morgan fingerprint density at radius 1 is 0.550 bits per heavy atom. The number of hydrogen-bond acceptors (Lipinski definition) is 0. The van der Waals surface area contributed by atoms with Crippen LogP contribution in [0.5, 0.6) is 0 Å². The largest absolute Gasteiger partial charge is 0.0623 e. The van der Waals surface area contributed by atoms with Crippen molar-refractivity contribution in [3.8, 4) is 0 Å². The third-order valence-electron chi connectivity index (χ3n) is 3.11. The molecular weight excluding hydrogens is 240 g/mol. The van der Waals surface area contributed by atoms with Crippen molar-refractivity contribution < 1.29 is 0 Å². The molecule has 0 amide bonds. The molecule has 0 saturated carbocycles. The first kappa shape index (κ1) is 14.1. The van der Waals surface area contributed by atoms with Gasteiger partial charge in [0.1, 0.15) is 0 Å². The van der Waals surface area contributed by atoms with Crippen LogP contribution in [0.3, 0.4) is 0 Å². The zero-order valence-corrected chi connectivity index (χ0v) is 11.9. The van der Waals surface area contributed by atoms with Gasteiger partial charge in [0, 0.05) is 0 Å². The smallest absolute Gasteiger partial charge is 0.0181 e. The van der Waals surface area contributed by atoms with Crippen LogP contribution >= 0.6 is 0 Å². The van der Waals surface area contributed by atoms with Crippen molar-refractivity contribution in [2.24, 2.45) is 0 Å². The van der Waals surface area contributed by atoms with E-state index in [1.807, 2.05) is 18.2 Å². The van der Waals surface area contributed by atoms with Gasteiger partial charge in [-0.2, -0.15) is 0 Å². The van der Waals surface area contributed by atoms with Crippen LogP contribution in [0.25, 0.3) is 10.8 Å². The van der Waals surface area contributed by atoms with E-state index in [0.29, 0.717) is 0 Å². The van der Waals surface area contributed by atoms with Gasteiger partial charge in [0.25, 0.3) is 0 Å². The Kier molecular flexibility index (Phi) is 5.60. The predicted molar refractivity (Wildman–Crippen MR) is 88.6 cm³/mol. The summed E-state index contributed by atoms with van der Waals surface area (Å²) in [5.74, 6) is 0. The van der Waals surface area contributed by atoms with Crippen molar-refractivity contribution >= 4 is 10.8 Å². The molecule has 0 aliphatic carbocycles. The van der Waals surface area contributed by atoms with Gasteiger partial charge in [-0.3, -0.25) is 0 Å². The first-order valence-corrected chi connectivity index (χ1v) is 7.04. The Hall–Kier alpha value is -2.34. The zero-order chi connectivity index (χ0) is 14.0. The topological polar surface area (TPSA) is 0 Å². The van der Waals surface area contributed by atoms with Gasteiger partial charge in [-0.1, -0.05) is 97.9 Å². The maximum atomic E-state index is 2.26. The summed E-state index contributed by atoms with van der Waals surface area (Å²) in [6.45, 7) is 2.18. The first-order chi connectivity index (χ1) is 9.90. The fourth-order valence-electron chi connectivity index (χ4n) is 1.99. The minimum absolute atomic E-state index is 1.03. The third-order valence-corrected chi connectivity index (χ3v) is 3.11. The Balaban J connectivity index is 2.87. The van der Waals surface area contributed by atoms with E-state index < -0.39 is 0 Å². The summed E-state index contributed by atoms with van der Waals surface area (Å²) in [4.78, 5) is 0. The van der Waals surface area contributed by atoms with E-state index in [-0.39, 0.29) is 0 Å². The summed E-state index contributed by atoms with van der Waals surface area (Å²) in [5.41, 5.74) is 1.33. The van der Waals surface area contributed by atoms with Crippen LogP contribution in [-0.4, -0.2) is 0 Å². The van der Waals surface area contributed by atoms with Gasteiger partial charge in [0.05, 0.1) is 0 Å². The molecule has 100 valence electrons. The lowest BCUT2D eigenvalue weighted by molar-refractivity contribution is 1.15. The molecule has 0 nitrogen and oxygen atoms in total. The molecular formula is C20H20. The minimum Gasteiger partial charge on any atom is -0.0623 e.